The standard InChI is InChI=1S/C10H12Cl2N2O3S/c11-7-5-8(12)10(6-9(7)13)18(15,16)14-1-3-17-4-2-14/h5-6H,1-4,13H2. The van der Waals surface area contributed by atoms with Crippen LogP contribution in [-0.4, -0.2) is 39.0 Å². The van der Waals surface area contributed by atoms with Crippen molar-refractivity contribution in [2.75, 3.05) is 32.0 Å². The fraction of sp³-hybridized carbons (Fsp3) is 0.400. The van der Waals surface area contributed by atoms with E-state index in [9.17, 15) is 8.42 Å². The summed E-state index contributed by atoms with van der Waals surface area (Å²) >= 11 is 11.7. The lowest BCUT2D eigenvalue weighted by Gasteiger charge is -2.26. The molecule has 18 heavy (non-hydrogen) atoms. The Morgan fingerprint density at radius 1 is 1.17 bits per heavy atom. The Kier molecular flexibility index (Phi) is 4.03. The second kappa shape index (κ2) is 5.22. The topological polar surface area (TPSA) is 72.6 Å². The molecule has 1 aliphatic rings. The van der Waals surface area contributed by atoms with Crippen LogP contribution >= 0.6 is 23.2 Å². The fourth-order valence-corrected chi connectivity index (χ4v) is 3.83. The predicted molar refractivity (Wildman–Crippen MR) is 70.5 cm³/mol. The van der Waals surface area contributed by atoms with Crippen molar-refractivity contribution in [3.63, 3.8) is 0 Å². The van der Waals surface area contributed by atoms with Crippen molar-refractivity contribution < 1.29 is 13.2 Å². The molecule has 1 aliphatic heterocycles. The van der Waals surface area contributed by atoms with Crippen molar-refractivity contribution in [3.05, 3.63) is 22.2 Å². The maximum absolute atomic E-state index is 12.4. The van der Waals surface area contributed by atoms with E-state index in [1.165, 1.54) is 16.4 Å². The second-order valence-corrected chi connectivity index (χ2v) is 6.54. The molecule has 0 unspecified atom stereocenters. The highest BCUT2D eigenvalue weighted by Crippen LogP contribution is 2.32. The van der Waals surface area contributed by atoms with Crippen molar-refractivity contribution in [2.24, 2.45) is 0 Å². The molecule has 1 heterocycles. The molecule has 1 saturated heterocycles. The number of hydrogen-bond donors (Lipinski definition) is 1. The molecule has 100 valence electrons. The van der Waals surface area contributed by atoms with Crippen LogP contribution in [0.25, 0.3) is 0 Å². The summed E-state index contributed by atoms with van der Waals surface area (Å²) in [5, 5.41) is 0.307. The summed E-state index contributed by atoms with van der Waals surface area (Å²) in [4.78, 5) is -0.0204. The van der Waals surface area contributed by atoms with E-state index in [-0.39, 0.29) is 20.6 Å². The van der Waals surface area contributed by atoms with Gasteiger partial charge in [-0.3, -0.25) is 0 Å². The number of ether oxygens (including phenoxy) is 1. The van der Waals surface area contributed by atoms with E-state index in [2.05, 4.69) is 0 Å². The third kappa shape index (κ3) is 2.57. The van der Waals surface area contributed by atoms with Crippen molar-refractivity contribution in [1.29, 1.82) is 0 Å². The minimum atomic E-state index is -3.65. The van der Waals surface area contributed by atoms with E-state index >= 15 is 0 Å². The van der Waals surface area contributed by atoms with E-state index in [0.29, 0.717) is 26.3 Å². The van der Waals surface area contributed by atoms with Crippen LogP contribution in [0.5, 0.6) is 0 Å². The van der Waals surface area contributed by atoms with Crippen molar-refractivity contribution >= 4 is 38.9 Å². The molecule has 0 amide bonds. The summed E-state index contributed by atoms with van der Waals surface area (Å²) in [6.07, 6.45) is 0. The Morgan fingerprint density at radius 3 is 2.39 bits per heavy atom. The largest absolute Gasteiger partial charge is 0.397 e. The van der Waals surface area contributed by atoms with Crippen LogP contribution in [0.2, 0.25) is 10.0 Å². The highest BCUT2D eigenvalue weighted by atomic mass is 35.5. The molecule has 0 saturated carbocycles. The summed E-state index contributed by atoms with van der Waals surface area (Å²) in [6.45, 7) is 1.36. The lowest BCUT2D eigenvalue weighted by molar-refractivity contribution is 0.0730. The van der Waals surface area contributed by atoms with Crippen LogP contribution in [0.1, 0.15) is 0 Å². The van der Waals surface area contributed by atoms with Crippen LogP contribution < -0.4 is 5.73 Å². The molecule has 0 radical (unpaired) electrons. The molecule has 1 fully saturated rings. The monoisotopic (exact) mass is 310 g/mol. The molecule has 0 spiro atoms. The molecule has 5 nitrogen and oxygen atoms in total. The van der Waals surface area contributed by atoms with E-state index in [4.69, 9.17) is 33.7 Å². The Morgan fingerprint density at radius 2 is 1.78 bits per heavy atom. The zero-order valence-corrected chi connectivity index (χ0v) is 11.7. The Hall–Kier alpha value is -0.530. The fourth-order valence-electron chi connectivity index (χ4n) is 1.67. The van der Waals surface area contributed by atoms with Gasteiger partial charge in [-0.05, 0) is 12.1 Å². The van der Waals surface area contributed by atoms with E-state index in [1.54, 1.807) is 0 Å². The molecule has 0 atom stereocenters. The zero-order chi connectivity index (χ0) is 13.3. The van der Waals surface area contributed by atoms with Crippen LogP contribution in [0.15, 0.2) is 17.0 Å². The number of hydrogen-bond acceptors (Lipinski definition) is 4. The summed E-state index contributed by atoms with van der Waals surface area (Å²) < 4.78 is 31.2. The number of morpholine rings is 1. The highest BCUT2D eigenvalue weighted by Gasteiger charge is 2.28. The zero-order valence-electron chi connectivity index (χ0n) is 9.40. The van der Waals surface area contributed by atoms with Gasteiger partial charge in [-0.2, -0.15) is 4.31 Å². The van der Waals surface area contributed by atoms with Gasteiger partial charge in [0.2, 0.25) is 10.0 Å². The number of anilines is 1. The smallest absolute Gasteiger partial charge is 0.244 e. The molecular weight excluding hydrogens is 299 g/mol. The summed E-state index contributed by atoms with van der Waals surface area (Å²) in [5.74, 6) is 0. The molecule has 8 heteroatoms. The lowest BCUT2D eigenvalue weighted by atomic mass is 10.3. The van der Waals surface area contributed by atoms with Gasteiger partial charge in [-0.25, -0.2) is 8.42 Å². The van der Waals surface area contributed by atoms with Gasteiger partial charge >= 0.3 is 0 Å². The van der Waals surface area contributed by atoms with Gasteiger partial charge in [0.15, 0.2) is 0 Å². The first-order valence-electron chi connectivity index (χ1n) is 5.25. The van der Waals surface area contributed by atoms with Crippen LogP contribution in [0.4, 0.5) is 5.69 Å². The van der Waals surface area contributed by atoms with Crippen LogP contribution in [0, 0.1) is 0 Å². The van der Waals surface area contributed by atoms with E-state index in [1.807, 2.05) is 0 Å². The lowest BCUT2D eigenvalue weighted by Crippen LogP contribution is -2.40. The maximum atomic E-state index is 12.4. The minimum Gasteiger partial charge on any atom is -0.397 e. The first kappa shape index (κ1) is 13.9. The molecule has 0 aliphatic carbocycles. The van der Waals surface area contributed by atoms with Crippen molar-refractivity contribution in [1.82, 2.24) is 4.31 Å². The molecule has 1 aromatic carbocycles. The SMILES string of the molecule is Nc1cc(S(=O)(=O)N2CCOCC2)c(Cl)cc1Cl. The van der Waals surface area contributed by atoms with Crippen molar-refractivity contribution in [2.45, 2.75) is 4.90 Å². The van der Waals surface area contributed by atoms with Gasteiger partial charge in [0.25, 0.3) is 0 Å². The third-order valence-electron chi connectivity index (χ3n) is 2.64. The van der Waals surface area contributed by atoms with E-state index in [0.717, 1.165) is 0 Å². The van der Waals surface area contributed by atoms with Gasteiger partial charge in [0, 0.05) is 13.1 Å². The molecular formula is C10H12Cl2N2O3S. The number of nitrogens with zero attached hydrogens (tertiary/aromatic N) is 1. The highest BCUT2D eigenvalue weighted by molar-refractivity contribution is 7.89. The summed E-state index contributed by atoms with van der Waals surface area (Å²) in [5.41, 5.74) is 5.81. The first-order chi connectivity index (χ1) is 8.43. The van der Waals surface area contributed by atoms with Gasteiger partial charge in [-0.1, -0.05) is 23.2 Å². The third-order valence-corrected chi connectivity index (χ3v) is 5.33. The van der Waals surface area contributed by atoms with Crippen LogP contribution in [0.3, 0.4) is 0 Å². The normalized spacial score (nSPS) is 17.9. The number of rotatable bonds is 2. The maximum Gasteiger partial charge on any atom is 0.244 e. The predicted octanol–water partition coefficient (Wildman–Crippen LogP) is 1.60. The summed E-state index contributed by atoms with van der Waals surface area (Å²) in [7, 11) is -3.65. The van der Waals surface area contributed by atoms with Gasteiger partial charge < -0.3 is 10.5 Å². The Bertz CT molecular complexity index is 556. The number of halogens is 2. The van der Waals surface area contributed by atoms with E-state index < -0.39 is 10.0 Å². The average Bonchev–Trinajstić information content (AvgIpc) is 2.34. The second-order valence-electron chi connectivity index (χ2n) is 3.82. The molecule has 1 aromatic rings. The minimum absolute atomic E-state index is 0.0204. The van der Waals surface area contributed by atoms with Crippen molar-refractivity contribution in [3.8, 4) is 0 Å². The molecule has 2 rings (SSSR count). The number of nitrogens with two attached hydrogens (primary N) is 1. The number of sulfonamides is 1. The Balaban J connectivity index is 2.43. The quantitative estimate of drug-likeness (QED) is 0.842. The number of benzene rings is 1. The number of nitrogen functional groups attached to an aromatic ring is 1. The average molecular weight is 311 g/mol. The van der Waals surface area contributed by atoms with Gasteiger partial charge in [0.1, 0.15) is 4.90 Å². The summed E-state index contributed by atoms with van der Waals surface area (Å²) in [6, 6.07) is 2.63. The molecule has 0 aromatic heterocycles. The van der Waals surface area contributed by atoms with Gasteiger partial charge in [-0.15, -0.1) is 0 Å². The Labute approximate surface area is 115 Å². The molecule has 2 N–H and O–H groups in total. The first-order valence-corrected chi connectivity index (χ1v) is 7.45. The molecule has 0 bridgehead atoms. The van der Waals surface area contributed by atoms with Gasteiger partial charge in [0.05, 0.1) is 28.9 Å². The van der Waals surface area contributed by atoms with Crippen LogP contribution in [-0.2, 0) is 14.8 Å².